The van der Waals surface area contributed by atoms with Crippen molar-refractivity contribution in [3.63, 3.8) is 0 Å². The third kappa shape index (κ3) is 17.1. The third-order valence-corrected chi connectivity index (χ3v) is 12.2. The largest absolute Gasteiger partial charge is 0.744 e. The molecule has 4 rings (SSSR count). The van der Waals surface area contributed by atoms with Gasteiger partial charge in [0.2, 0.25) is 11.8 Å². The minimum absolute atomic E-state index is 0.178. The Kier molecular flexibility index (Phi) is 21.6. The van der Waals surface area contributed by atoms with E-state index in [1.54, 1.807) is 12.1 Å². The molecule has 1 unspecified atom stereocenters. The molecular weight excluding hydrogens is 731 g/mol. The smallest absolute Gasteiger partial charge is 0.227 e. The lowest BCUT2D eigenvalue weighted by molar-refractivity contribution is -0.129. The number of amides is 2. The Morgan fingerprint density at radius 2 is 1.21 bits per heavy atom. The van der Waals surface area contributed by atoms with Crippen molar-refractivity contribution < 1.29 is 22.6 Å². The molecule has 1 heterocycles. The quantitative estimate of drug-likeness (QED) is 0.0521. The molecule has 1 aliphatic heterocycles. The number of likely N-dealkylation sites (tertiary alicyclic amines) is 1. The molecule has 3 aromatic carbocycles. The summed E-state index contributed by atoms with van der Waals surface area (Å²) in [4.78, 5) is 27.4. The van der Waals surface area contributed by atoms with E-state index in [-0.39, 0.29) is 16.7 Å². The molecule has 8 nitrogen and oxygen atoms in total. The van der Waals surface area contributed by atoms with Gasteiger partial charge in [-0.05, 0) is 76.6 Å². The Morgan fingerprint density at radius 1 is 0.719 bits per heavy atom. The molecule has 0 bridgehead atoms. The van der Waals surface area contributed by atoms with Gasteiger partial charge in [-0.3, -0.25) is 14.5 Å². The predicted octanol–water partition coefficient (Wildman–Crippen LogP) is 11.4. The molecule has 3 aromatic rings. The molecule has 9 heteroatoms. The number of nitrogens with one attached hydrogen (secondary N) is 1. The predicted molar refractivity (Wildman–Crippen MR) is 235 cm³/mol. The first-order valence-electron chi connectivity index (χ1n) is 21.9. The summed E-state index contributed by atoms with van der Waals surface area (Å²) in [5.74, 6) is 0.890. The van der Waals surface area contributed by atoms with Gasteiger partial charge in [-0.2, -0.15) is 0 Å². The van der Waals surface area contributed by atoms with Crippen molar-refractivity contribution >= 4 is 33.3 Å². The second kappa shape index (κ2) is 25.8. The number of quaternary nitrogens is 1. The van der Waals surface area contributed by atoms with E-state index in [4.69, 9.17) is 0 Å². The molecule has 2 amide bonds. The van der Waals surface area contributed by atoms with E-state index < -0.39 is 10.1 Å². The van der Waals surface area contributed by atoms with Crippen LogP contribution in [0.2, 0.25) is 0 Å². The minimum atomic E-state index is -4.27. The second-order valence-corrected chi connectivity index (χ2v) is 17.9. The molecule has 1 fully saturated rings. The summed E-state index contributed by atoms with van der Waals surface area (Å²) in [6.07, 6.45) is 21.4. The molecule has 1 saturated heterocycles. The van der Waals surface area contributed by atoms with Gasteiger partial charge < -0.3 is 9.87 Å². The topological polar surface area (TPSA) is 107 Å². The van der Waals surface area contributed by atoms with Crippen LogP contribution in [0.15, 0.2) is 77.7 Å². The van der Waals surface area contributed by atoms with E-state index >= 15 is 0 Å². The minimum Gasteiger partial charge on any atom is -0.744 e. The first-order valence-corrected chi connectivity index (χ1v) is 23.3. The number of aryl methyl sites for hydroxylation is 3. The zero-order chi connectivity index (χ0) is 41.5. The molecule has 0 radical (unpaired) electrons. The van der Waals surface area contributed by atoms with Gasteiger partial charge in [-0.15, -0.1) is 0 Å². The van der Waals surface area contributed by atoms with E-state index in [9.17, 15) is 22.6 Å². The molecule has 0 aromatic heterocycles. The van der Waals surface area contributed by atoms with Crippen molar-refractivity contribution in [2.45, 2.75) is 155 Å². The molecule has 0 aliphatic carbocycles. The van der Waals surface area contributed by atoms with E-state index in [0.29, 0.717) is 29.9 Å². The third-order valence-electron chi connectivity index (χ3n) is 11.3. The lowest BCUT2D eigenvalue weighted by atomic mass is 10.0. The Labute approximate surface area is 346 Å². The van der Waals surface area contributed by atoms with E-state index in [1.165, 1.54) is 105 Å². The van der Waals surface area contributed by atoms with Crippen molar-refractivity contribution in [3.8, 4) is 0 Å². The Bertz CT molecular complexity index is 1680. The lowest BCUT2D eigenvalue weighted by Crippen LogP contribution is -2.53. The first kappa shape index (κ1) is 47.8. The standard InChI is InChI=1S/C41H65N3O2.C7H8O3S/c1-5-6-7-8-9-10-11-12-13-14-15-18-29-40(45)42-30-23-16-17-24-31-44(38-27-21-19-25-36(38)3,39-28-22-20-26-37(39)4)34-43-33-35(2)32-41(43)46;1-6-2-4-7(5-3-6)11(8,9)10/h19-22,25-28,35H,5-18,23-24,29-34H2,1-4H3;2-5H,1H3,(H,8,9,10). The summed E-state index contributed by atoms with van der Waals surface area (Å²) < 4.78 is 31.8. The van der Waals surface area contributed by atoms with Crippen molar-refractivity contribution in [2.75, 3.05) is 26.3 Å². The van der Waals surface area contributed by atoms with Gasteiger partial charge in [-0.1, -0.05) is 145 Å². The summed E-state index contributed by atoms with van der Waals surface area (Å²) in [6, 6.07) is 23.2. The Morgan fingerprint density at radius 3 is 1.70 bits per heavy atom. The number of hydrogen-bond donors (Lipinski definition) is 1. The summed E-state index contributed by atoms with van der Waals surface area (Å²) in [7, 11) is -4.27. The van der Waals surface area contributed by atoms with E-state index in [0.717, 1.165) is 57.3 Å². The normalized spacial score (nSPS) is 14.4. The summed E-state index contributed by atoms with van der Waals surface area (Å²) >= 11 is 0. The number of hydrogen-bond acceptors (Lipinski definition) is 5. The van der Waals surface area contributed by atoms with Crippen LogP contribution < -0.4 is 9.80 Å². The highest BCUT2D eigenvalue weighted by molar-refractivity contribution is 7.85. The highest BCUT2D eigenvalue weighted by Gasteiger charge is 2.41. The number of carbonyl (C=O) groups is 2. The zero-order valence-electron chi connectivity index (χ0n) is 35.9. The van der Waals surface area contributed by atoms with Gasteiger partial charge in [0.25, 0.3) is 0 Å². The Hall–Kier alpha value is -3.53. The number of carbonyl (C=O) groups excluding carboxylic acids is 2. The Balaban J connectivity index is 0.000000679. The number of benzene rings is 3. The van der Waals surface area contributed by atoms with Gasteiger partial charge in [-0.25, -0.2) is 12.9 Å². The maximum absolute atomic E-state index is 13.1. The fraction of sp³-hybridized carbons (Fsp3) is 0.583. The summed E-state index contributed by atoms with van der Waals surface area (Å²) in [5.41, 5.74) is 6.03. The highest BCUT2D eigenvalue weighted by Crippen LogP contribution is 2.40. The van der Waals surface area contributed by atoms with Crippen LogP contribution in [-0.2, 0) is 19.7 Å². The van der Waals surface area contributed by atoms with Crippen LogP contribution in [0.25, 0.3) is 0 Å². The van der Waals surface area contributed by atoms with Crippen LogP contribution in [0.1, 0.15) is 146 Å². The van der Waals surface area contributed by atoms with Crippen LogP contribution in [-0.4, -0.2) is 56.0 Å². The van der Waals surface area contributed by atoms with Crippen molar-refractivity contribution in [1.82, 2.24) is 14.7 Å². The number of unbranched alkanes of at least 4 members (excludes halogenated alkanes) is 14. The van der Waals surface area contributed by atoms with Crippen LogP contribution in [0.4, 0.5) is 11.4 Å². The zero-order valence-corrected chi connectivity index (χ0v) is 36.7. The summed E-state index contributed by atoms with van der Waals surface area (Å²) in [6.45, 7) is 13.9. The fourth-order valence-corrected chi connectivity index (χ4v) is 8.56. The molecule has 1 N–H and O–H groups in total. The molecule has 0 spiro atoms. The summed E-state index contributed by atoms with van der Waals surface area (Å²) in [5, 5.41) is 3.17. The van der Waals surface area contributed by atoms with Crippen LogP contribution >= 0.6 is 0 Å². The average Bonchev–Trinajstić information content (AvgIpc) is 3.50. The van der Waals surface area contributed by atoms with Gasteiger partial charge in [0.15, 0.2) is 6.67 Å². The maximum Gasteiger partial charge on any atom is 0.227 e. The molecule has 1 aliphatic rings. The van der Waals surface area contributed by atoms with Crippen molar-refractivity contribution in [1.29, 1.82) is 0 Å². The first-order chi connectivity index (χ1) is 27.4. The molecule has 57 heavy (non-hydrogen) atoms. The van der Waals surface area contributed by atoms with Crippen molar-refractivity contribution in [3.05, 3.63) is 89.5 Å². The van der Waals surface area contributed by atoms with Gasteiger partial charge in [0.1, 0.15) is 21.5 Å². The van der Waals surface area contributed by atoms with Crippen LogP contribution in [0.5, 0.6) is 0 Å². The fourth-order valence-electron chi connectivity index (χ4n) is 8.09. The highest BCUT2D eigenvalue weighted by atomic mass is 32.2. The second-order valence-electron chi connectivity index (χ2n) is 16.5. The van der Waals surface area contributed by atoms with Crippen LogP contribution in [0, 0.1) is 26.7 Å². The van der Waals surface area contributed by atoms with Crippen LogP contribution in [0.3, 0.4) is 0 Å². The molecule has 0 saturated carbocycles. The van der Waals surface area contributed by atoms with Gasteiger partial charge >= 0.3 is 0 Å². The number of nitrogens with zero attached hydrogens (tertiary/aromatic N) is 2. The molecule has 316 valence electrons. The van der Waals surface area contributed by atoms with E-state index in [2.05, 4.69) is 86.4 Å². The maximum atomic E-state index is 13.1. The number of rotatable bonds is 25. The van der Waals surface area contributed by atoms with Gasteiger partial charge in [0.05, 0.1) is 11.4 Å². The monoisotopic (exact) mass is 804 g/mol. The molecular formula is C48H73N3O5S. The number of para-hydroxylation sites is 2. The van der Waals surface area contributed by atoms with Crippen molar-refractivity contribution in [2.24, 2.45) is 5.92 Å². The van der Waals surface area contributed by atoms with E-state index in [1.807, 2.05) is 6.92 Å². The average molecular weight is 804 g/mol. The molecule has 1 atom stereocenters. The lowest BCUT2D eigenvalue weighted by Gasteiger charge is -2.42. The van der Waals surface area contributed by atoms with Gasteiger partial charge in [0, 0.05) is 37.1 Å². The SMILES string of the molecule is CCCCCCCCCCCCCCC(=O)NCCCCCC[N+](CN1CC(C)CC1=O)(c1ccccc1C)c1ccccc1C.Cc1ccc(S(=O)(=O)[O-])cc1.